The van der Waals surface area contributed by atoms with Crippen LogP contribution in [0.4, 0.5) is 20.2 Å². The molecular weight excluding hydrogens is 276 g/mol. The van der Waals surface area contributed by atoms with Crippen molar-refractivity contribution in [3.63, 3.8) is 0 Å². The van der Waals surface area contributed by atoms with Crippen molar-refractivity contribution in [2.24, 2.45) is 0 Å². The van der Waals surface area contributed by atoms with Gasteiger partial charge in [-0.1, -0.05) is 6.07 Å². The van der Waals surface area contributed by atoms with Gasteiger partial charge in [0.2, 0.25) is 0 Å². The van der Waals surface area contributed by atoms with Crippen molar-refractivity contribution in [2.75, 3.05) is 10.5 Å². The smallest absolute Gasteiger partial charge is 0.281 e. The molecule has 8 heteroatoms. The summed E-state index contributed by atoms with van der Waals surface area (Å²) in [4.78, 5) is 3.59. The van der Waals surface area contributed by atoms with Gasteiger partial charge in [0.25, 0.3) is 10.0 Å². The Labute approximate surface area is 108 Å². The van der Waals surface area contributed by atoms with Crippen molar-refractivity contribution in [2.45, 2.75) is 5.03 Å². The van der Waals surface area contributed by atoms with E-state index in [4.69, 9.17) is 5.73 Å². The second-order valence-electron chi connectivity index (χ2n) is 3.60. The molecule has 0 radical (unpaired) electrons. The number of nitrogens with two attached hydrogens (primary N) is 1. The lowest BCUT2D eigenvalue weighted by atomic mass is 10.3. The molecule has 19 heavy (non-hydrogen) atoms. The Balaban J connectivity index is 2.46. The van der Waals surface area contributed by atoms with Crippen LogP contribution in [0.2, 0.25) is 0 Å². The fourth-order valence-electron chi connectivity index (χ4n) is 1.41. The van der Waals surface area contributed by atoms with Gasteiger partial charge in [-0.3, -0.25) is 4.72 Å². The number of para-hydroxylation sites is 1. The van der Waals surface area contributed by atoms with Crippen LogP contribution < -0.4 is 10.5 Å². The number of nitrogen functional groups attached to an aromatic ring is 1. The molecule has 0 saturated carbocycles. The number of rotatable bonds is 3. The molecule has 0 atom stereocenters. The molecule has 0 bridgehead atoms. The maximum absolute atomic E-state index is 13.4. The average molecular weight is 285 g/mol. The molecule has 1 aromatic heterocycles. The van der Waals surface area contributed by atoms with Gasteiger partial charge >= 0.3 is 0 Å². The van der Waals surface area contributed by atoms with Crippen molar-refractivity contribution in [1.29, 1.82) is 0 Å². The highest BCUT2D eigenvalue weighted by Crippen LogP contribution is 2.23. The lowest BCUT2D eigenvalue weighted by molar-refractivity contribution is 0.581. The molecule has 100 valence electrons. The summed E-state index contributed by atoms with van der Waals surface area (Å²) in [5, 5.41) is -0.488. The third-order valence-electron chi connectivity index (χ3n) is 2.25. The van der Waals surface area contributed by atoms with Crippen LogP contribution in [-0.4, -0.2) is 13.4 Å². The number of hydrogen-bond acceptors (Lipinski definition) is 4. The first-order valence-electron chi connectivity index (χ1n) is 5.09. The lowest BCUT2D eigenvalue weighted by Gasteiger charge is -2.10. The zero-order chi connectivity index (χ0) is 14.0. The van der Waals surface area contributed by atoms with E-state index in [9.17, 15) is 17.2 Å². The van der Waals surface area contributed by atoms with Crippen LogP contribution in [0.25, 0.3) is 0 Å². The minimum atomic E-state index is -4.26. The number of sulfonamides is 1. The zero-order valence-corrected chi connectivity index (χ0v) is 10.3. The Morgan fingerprint density at radius 3 is 2.32 bits per heavy atom. The van der Waals surface area contributed by atoms with Gasteiger partial charge in [-0.2, -0.15) is 8.42 Å². The molecule has 2 aromatic rings. The van der Waals surface area contributed by atoms with Gasteiger partial charge in [-0.05, 0) is 24.3 Å². The van der Waals surface area contributed by atoms with E-state index in [0.717, 1.165) is 18.2 Å². The molecule has 1 heterocycles. The zero-order valence-electron chi connectivity index (χ0n) is 9.47. The number of nitrogens with one attached hydrogen (secondary N) is 1. The van der Waals surface area contributed by atoms with Crippen molar-refractivity contribution in [3.8, 4) is 0 Å². The van der Waals surface area contributed by atoms with Crippen molar-refractivity contribution in [3.05, 3.63) is 48.2 Å². The summed E-state index contributed by atoms with van der Waals surface area (Å²) < 4.78 is 52.4. The van der Waals surface area contributed by atoms with E-state index in [1.165, 1.54) is 18.3 Å². The van der Waals surface area contributed by atoms with Gasteiger partial charge in [0, 0.05) is 6.20 Å². The van der Waals surface area contributed by atoms with Crippen LogP contribution >= 0.6 is 0 Å². The molecule has 0 spiro atoms. The third-order valence-corrected chi connectivity index (χ3v) is 3.58. The fraction of sp³-hybridized carbons (Fsp3) is 0. The Hall–Kier alpha value is -2.22. The maximum Gasteiger partial charge on any atom is 0.281 e. The Morgan fingerprint density at radius 2 is 1.74 bits per heavy atom. The molecule has 0 aliphatic carbocycles. The van der Waals surface area contributed by atoms with Gasteiger partial charge in [0.1, 0.15) is 17.3 Å². The summed E-state index contributed by atoms with van der Waals surface area (Å²) in [7, 11) is -4.26. The highest BCUT2D eigenvalue weighted by atomic mass is 32.2. The minimum absolute atomic E-state index is 0.119. The first-order valence-corrected chi connectivity index (χ1v) is 6.57. The summed E-state index contributed by atoms with van der Waals surface area (Å²) >= 11 is 0. The Morgan fingerprint density at radius 1 is 1.11 bits per heavy atom. The minimum Gasteiger partial charge on any atom is -0.396 e. The number of benzene rings is 1. The van der Waals surface area contributed by atoms with Crippen LogP contribution in [0.3, 0.4) is 0 Å². The largest absolute Gasteiger partial charge is 0.396 e. The van der Waals surface area contributed by atoms with Gasteiger partial charge in [0.15, 0.2) is 5.03 Å². The van der Waals surface area contributed by atoms with E-state index < -0.39 is 32.4 Å². The van der Waals surface area contributed by atoms with Crippen molar-refractivity contribution in [1.82, 2.24) is 4.98 Å². The second-order valence-corrected chi connectivity index (χ2v) is 5.20. The molecule has 0 fully saturated rings. The monoisotopic (exact) mass is 285 g/mol. The summed E-state index contributed by atoms with van der Waals surface area (Å²) in [6, 6.07) is 5.75. The second kappa shape index (κ2) is 4.81. The summed E-state index contributed by atoms with van der Waals surface area (Å²) in [6.07, 6.45) is 1.21. The topological polar surface area (TPSA) is 85.1 Å². The normalized spacial score (nSPS) is 11.3. The predicted octanol–water partition coefficient (Wildman–Crippen LogP) is 1.74. The highest BCUT2D eigenvalue weighted by Gasteiger charge is 2.22. The molecule has 0 amide bonds. The predicted molar refractivity (Wildman–Crippen MR) is 65.8 cm³/mol. The van der Waals surface area contributed by atoms with E-state index >= 15 is 0 Å². The molecule has 0 aliphatic heterocycles. The number of pyridine rings is 1. The third kappa shape index (κ3) is 2.63. The first kappa shape index (κ1) is 13.2. The number of aromatic nitrogens is 1. The molecule has 0 saturated heterocycles. The van der Waals surface area contributed by atoms with Crippen LogP contribution in [-0.2, 0) is 10.0 Å². The Bertz CT molecular complexity index is 699. The SMILES string of the molecule is Nc1cccnc1S(=O)(=O)Nc1c(F)cccc1F. The summed E-state index contributed by atoms with van der Waals surface area (Å²) in [5.74, 6) is -2.06. The summed E-state index contributed by atoms with van der Waals surface area (Å²) in [6.45, 7) is 0. The van der Waals surface area contributed by atoms with Crippen LogP contribution in [0, 0.1) is 11.6 Å². The molecule has 0 aliphatic rings. The fourth-order valence-corrected chi connectivity index (χ4v) is 2.54. The van der Waals surface area contributed by atoms with E-state index in [2.05, 4.69) is 4.98 Å². The quantitative estimate of drug-likeness (QED) is 0.899. The van der Waals surface area contributed by atoms with Crippen LogP contribution in [0.15, 0.2) is 41.6 Å². The van der Waals surface area contributed by atoms with E-state index in [1.807, 2.05) is 0 Å². The number of hydrogen-bond donors (Lipinski definition) is 2. The number of anilines is 2. The van der Waals surface area contributed by atoms with E-state index in [0.29, 0.717) is 0 Å². The van der Waals surface area contributed by atoms with Crippen LogP contribution in [0.1, 0.15) is 0 Å². The van der Waals surface area contributed by atoms with E-state index in [1.54, 1.807) is 4.72 Å². The van der Waals surface area contributed by atoms with Crippen molar-refractivity contribution >= 4 is 21.4 Å². The lowest BCUT2D eigenvalue weighted by Crippen LogP contribution is -2.18. The van der Waals surface area contributed by atoms with Gasteiger partial charge in [-0.25, -0.2) is 13.8 Å². The van der Waals surface area contributed by atoms with Crippen LogP contribution in [0.5, 0.6) is 0 Å². The molecule has 2 rings (SSSR count). The highest BCUT2D eigenvalue weighted by molar-refractivity contribution is 7.92. The van der Waals surface area contributed by atoms with Crippen molar-refractivity contribution < 1.29 is 17.2 Å². The number of nitrogens with zero attached hydrogens (tertiary/aromatic N) is 1. The van der Waals surface area contributed by atoms with Gasteiger partial charge < -0.3 is 5.73 Å². The maximum atomic E-state index is 13.4. The van der Waals surface area contributed by atoms with Gasteiger partial charge in [0.05, 0.1) is 5.69 Å². The number of halogens is 2. The molecule has 5 nitrogen and oxygen atoms in total. The molecule has 3 N–H and O–H groups in total. The first-order chi connectivity index (χ1) is 8.92. The Kier molecular flexibility index (Phi) is 3.34. The molecule has 1 aromatic carbocycles. The average Bonchev–Trinajstić information content (AvgIpc) is 2.34. The molecule has 0 unspecified atom stereocenters. The summed E-state index contributed by atoms with van der Waals surface area (Å²) in [5.41, 5.74) is 4.58. The van der Waals surface area contributed by atoms with E-state index in [-0.39, 0.29) is 5.69 Å². The molecular formula is C11H9F2N3O2S. The van der Waals surface area contributed by atoms with Gasteiger partial charge in [-0.15, -0.1) is 0 Å². The standard InChI is InChI=1S/C11H9F2N3O2S/c12-7-3-1-4-8(13)10(7)16-19(17,18)11-9(14)5-2-6-15-11/h1-6,16H,14H2.